The lowest BCUT2D eigenvalue weighted by molar-refractivity contribution is -0.0727. The predicted molar refractivity (Wildman–Crippen MR) is 58.1 cm³/mol. The van der Waals surface area contributed by atoms with E-state index in [1.54, 1.807) is 0 Å². The summed E-state index contributed by atoms with van der Waals surface area (Å²) in [6.45, 7) is 10.1. The number of hydrogen-bond acceptors (Lipinski definition) is 2. The SMILES string of the molecule is CC1(C)CC1CNC1CC(O)C1(C)C. The van der Waals surface area contributed by atoms with Crippen LogP contribution in [0.25, 0.3) is 0 Å². The van der Waals surface area contributed by atoms with Gasteiger partial charge in [0.05, 0.1) is 6.10 Å². The average molecular weight is 197 g/mol. The molecule has 2 saturated carbocycles. The van der Waals surface area contributed by atoms with Gasteiger partial charge in [-0.05, 0) is 30.7 Å². The zero-order chi connectivity index (χ0) is 10.6. The van der Waals surface area contributed by atoms with Crippen LogP contribution in [0, 0.1) is 16.7 Å². The summed E-state index contributed by atoms with van der Waals surface area (Å²) >= 11 is 0. The average Bonchev–Trinajstić information content (AvgIpc) is 2.67. The zero-order valence-corrected chi connectivity index (χ0v) is 9.80. The first kappa shape index (κ1) is 10.4. The first-order chi connectivity index (χ1) is 6.34. The van der Waals surface area contributed by atoms with Crippen molar-refractivity contribution in [3.05, 3.63) is 0 Å². The summed E-state index contributed by atoms with van der Waals surface area (Å²) in [5.74, 6) is 0.857. The van der Waals surface area contributed by atoms with E-state index < -0.39 is 0 Å². The molecular formula is C12H23NO. The summed E-state index contributed by atoms with van der Waals surface area (Å²) in [6.07, 6.45) is 2.18. The summed E-state index contributed by atoms with van der Waals surface area (Å²) in [7, 11) is 0. The Morgan fingerprint density at radius 1 is 1.29 bits per heavy atom. The summed E-state index contributed by atoms with van der Waals surface area (Å²) in [4.78, 5) is 0. The number of aliphatic hydroxyl groups is 1. The van der Waals surface area contributed by atoms with Gasteiger partial charge in [0.1, 0.15) is 0 Å². The van der Waals surface area contributed by atoms with Crippen molar-refractivity contribution in [2.75, 3.05) is 6.54 Å². The first-order valence-corrected chi connectivity index (χ1v) is 5.75. The van der Waals surface area contributed by atoms with Gasteiger partial charge in [-0.1, -0.05) is 27.7 Å². The second kappa shape index (κ2) is 2.96. The molecule has 2 fully saturated rings. The Bertz CT molecular complexity index is 234. The highest BCUT2D eigenvalue weighted by Gasteiger charge is 2.49. The Labute approximate surface area is 87.1 Å². The maximum Gasteiger partial charge on any atom is 0.0621 e. The fourth-order valence-electron chi connectivity index (χ4n) is 2.46. The van der Waals surface area contributed by atoms with Crippen LogP contribution < -0.4 is 5.32 Å². The standard InChI is InChI=1S/C12H23NO/c1-11(2)6-8(11)7-13-9-5-10(14)12(9,3)4/h8-10,13-14H,5-7H2,1-4H3. The van der Waals surface area contributed by atoms with Crippen LogP contribution in [0.3, 0.4) is 0 Å². The highest BCUT2D eigenvalue weighted by atomic mass is 16.3. The van der Waals surface area contributed by atoms with Crippen LogP contribution in [-0.2, 0) is 0 Å². The van der Waals surface area contributed by atoms with Crippen molar-refractivity contribution in [1.82, 2.24) is 5.32 Å². The van der Waals surface area contributed by atoms with Gasteiger partial charge in [-0.15, -0.1) is 0 Å². The molecule has 14 heavy (non-hydrogen) atoms. The molecule has 0 saturated heterocycles. The predicted octanol–water partition coefficient (Wildman–Crippen LogP) is 1.78. The molecule has 2 aliphatic rings. The third-order valence-electron chi connectivity index (χ3n) is 4.54. The molecule has 3 atom stereocenters. The van der Waals surface area contributed by atoms with Crippen LogP contribution >= 0.6 is 0 Å². The van der Waals surface area contributed by atoms with Gasteiger partial charge in [0.2, 0.25) is 0 Å². The number of rotatable bonds is 3. The molecule has 0 bridgehead atoms. The smallest absolute Gasteiger partial charge is 0.0621 e. The van der Waals surface area contributed by atoms with Crippen molar-refractivity contribution < 1.29 is 5.11 Å². The minimum Gasteiger partial charge on any atom is -0.392 e. The highest BCUT2D eigenvalue weighted by molar-refractivity contribution is 5.04. The molecule has 82 valence electrons. The van der Waals surface area contributed by atoms with Crippen LogP contribution in [0.2, 0.25) is 0 Å². The van der Waals surface area contributed by atoms with Gasteiger partial charge >= 0.3 is 0 Å². The second-order valence-electron chi connectivity index (χ2n) is 6.42. The van der Waals surface area contributed by atoms with Crippen LogP contribution in [-0.4, -0.2) is 23.8 Å². The number of hydrogen-bond donors (Lipinski definition) is 2. The molecule has 2 nitrogen and oxygen atoms in total. The van der Waals surface area contributed by atoms with Crippen molar-refractivity contribution in [1.29, 1.82) is 0 Å². The fourth-order valence-corrected chi connectivity index (χ4v) is 2.46. The topological polar surface area (TPSA) is 32.3 Å². The fraction of sp³-hybridized carbons (Fsp3) is 1.00. The van der Waals surface area contributed by atoms with Gasteiger partial charge in [0, 0.05) is 11.5 Å². The zero-order valence-electron chi connectivity index (χ0n) is 9.80. The second-order valence-corrected chi connectivity index (χ2v) is 6.42. The molecule has 0 amide bonds. The van der Waals surface area contributed by atoms with Gasteiger partial charge < -0.3 is 10.4 Å². The summed E-state index contributed by atoms with van der Waals surface area (Å²) in [5, 5.41) is 13.2. The third kappa shape index (κ3) is 1.59. The van der Waals surface area contributed by atoms with E-state index in [1.807, 2.05) is 0 Å². The molecule has 2 rings (SSSR count). The largest absolute Gasteiger partial charge is 0.392 e. The van der Waals surface area contributed by atoms with E-state index >= 15 is 0 Å². The van der Waals surface area contributed by atoms with Crippen LogP contribution in [0.15, 0.2) is 0 Å². The van der Waals surface area contributed by atoms with Gasteiger partial charge in [-0.25, -0.2) is 0 Å². The van der Waals surface area contributed by atoms with Crippen LogP contribution in [0.4, 0.5) is 0 Å². The quantitative estimate of drug-likeness (QED) is 0.723. The molecule has 2 aliphatic carbocycles. The molecule has 2 heteroatoms. The Kier molecular flexibility index (Phi) is 2.20. The number of aliphatic hydroxyl groups excluding tert-OH is 1. The van der Waals surface area contributed by atoms with E-state index in [1.165, 1.54) is 6.42 Å². The van der Waals surface area contributed by atoms with Crippen molar-refractivity contribution in [3.8, 4) is 0 Å². The van der Waals surface area contributed by atoms with E-state index in [2.05, 4.69) is 33.0 Å². The van der Waals surface area contributed by atoms with Crippen LogP contribution in [0.1, 0.15) is 40.5 Å². The Morgan fingerprint density at radius 2 is 1.86 bits per heavy atom. The van der Waals surface area contributed by atoms with E-state index in [0.29, 0.717) is 11.5 Å². The van der Waals surface area contributed by atoms with E-state index in [0.717, 1.165) is 18.9 Å². The normalized spacial score (nSPS) is 43.1. The molecule has 0 aromatic heterocycles. The van der Waals surface area contributed by atoms with Crippen LogP contribution in [0.5, 0.6) is 0 Å². The molecule has 0 aromatic carbocycles. The molecule has 0 spiro atoms. The molecule has 0 heterocycles. The number of nitrogens with one attached hydrogen (secondary N) is 1. The molecule has 0 aliphatic heterocycles. The van der Waals surface area contributed by atoms with Gasteiger partial charge in [-0.2, -0.15) is 0 Å². The lowest BCUT2D eigenvalue weighted by Crippen LogP contribution is -2.60. The summed E-state index contributed by atoms with van der Waals surface area (Å²) < 4.78 is 0. The van der Waals surface area contributed by atoms with Gasteiger partial charge in [0.25, 0.3) is 0 Å². The van der Waals surface area contributed by atoms with Crippen molar-refractivity contribution >= 4 is 0 Å². The highest BCUT2D eigenvalue weighted by Crippen LogP contribution is 2.51. The van der Waals surface area contributed by atoms with Gasteiger partial charge in [0.15, 0.2) is 0 Å². The van der Waals surface area contributed by atoms with Gasteiger partial charge in [-0.3, -0.25) is 0 Å². The molecule has 3 unspecified atom stereocenters. The first-order valence-electron chi connectivity index (χ1n) is 5.75. The Balaban J connectivity index is 1.73. The van der Waals surface area contributed by atoms with Crippen molar-refractivity contribution in [2.45, 2.75) is 52.7 Å². The monoisotopic (exact) mass is 197 g/mol. The molecule has 0 aromatic rings. The van der Waals surface area contributed by atoms with E-state index in [4.69, 9.17) is 0 Å². The molecular weight excluding hydrogens is 174 g/mol. The summed E-state index contributed by atoms with van der Waals surface area (Å²) in [6, 6.07) is 0.522. The lowest BCUT2D eigenvalue weighted by Gasteiger charge is -2.49. The minimum atomic E-state index is -0.104. The summed E-state index contributed by atoms with van der Waals surface area (Å²) in [5.41, 5.74) is 0.651. The van der Waals surface area contributed by atoms with E-state index in [9.17, 15) is 5.11 Å². The minimum absolute atomic E-state index is 0.0824. The third-order valence-corrected chi connectivity index (χ3v) is 4.54. The Morgan fingerprint density at radius 3 is 2.21 bits per heavy atom. The maximum atomic E-state index is 9.59. The van der Waals surface area contributed by atoms with Crippen molar-refractivity contribution in [2.24, 2.45) is 16.7 Å². The Hall–Kier alpha value is -0.0800. The van der Waals surface area contributed by atoms with Crippen molar-refractivity contribution in [3.63, 3.8) is 0 Å². The molecule has 0 radical (unpaired) electrons. The lowest BCUT2D eigenvalue weighted by atomic mass is 9.64. The van der Waals surface area contributed by atoms with E-state index in [-0.39, 0.29) is 11.5 Å². The maximum absolute atomic E-state index is 9.59. The molecule has 2 N–H and O–H groups in total.